The van der Waals surface area contributed by atoms with Gasteiger partial charge in [-0.3, -0.25) is 29.2 Å². The second-order valence-electron chi connectivity index (χ2n) is 9.31. The van der Waals surface area contributed by atoms with Crippen LogP contribution in [-0.2, 0) is 30.4 Å². The van der Waals surface area contributed by atoms with Gasteiger partial charge < -0.3 is 60.4 Å². The fourth-order valence-corrected chi connectivity index (χ4v) is 3.62. The van der Waals surface area contributed by atoms with E-state index in [0.29, 0.717) is 12.1 Å². The van der Waals surface area contributed by atoms with Crippen LogP contribution in [0, 0.1) is 0 Å². The molecule has 234 valence electrons. The predicted molar refractivity (Wildman–Crippen MR) is 152 cm³/mol. The van der Waals surface area contributed by atoms with Gasteiger partial charge in [0.05, 0.1) is 12.4 Å². The van der Waals surface area contributed by atoms with Crippen molar-refractivity contribution >= 4 is 41.5 Å². The van der Waals surface area contributed by atoms with E-state index in [1.54, 1.807) is 0 Å². The van der Waals surface area contributed by atoms with Crippen LogP contribution in [0.4, 0.5) is 0 Å². The summed E-state index contributed by atoms with van der Waals surface area (Å²) in [4.78, 5) is 76.6. The molecule has 0 aliphatic heterocycles. The molecule has 0 fully saturated rings. The van der Waals surface area contributed by atoms with Gasteiger partial charge >= 0.3 is 5.97 Å². The van der Waals surface area contributed by atoms with Gasteiger partial charge in [-0.2, -0.15) is 0 Å². The summed E-state index contributed by atoms with van der Waals surface area (Å²) in [6.07, 6.45) is 3.07. The molecule has 0 bridgehead atoms. The van der Waals surface area contributed by atoms with Crippen LogP contribution in [0.1, 0.15) is 44.2 Å². The molecule has 0 aliphatic carbocycles. The standard InChI is InChI=1S/C23H41N13O6/c24-13(3-1-7-31-22(26)27)18(38)36-16(9-12-10-30-11-33-12)20(40)34-14(5-6-17(25)37)19(39)35-15(21(41)42)4-2-8-32-23(28)29/h10-11,13-16H,1-9,24H2,(H2,25,37)(H,30,33)(H,34,40)(H,35,39)(H,36,38)(H,41,42)(H4,26,27,31)(H4,28,29,32). The number of nitrogens with two attached hydrogens (primary N) is 6. The number of imidazole rings is 1. The Labute approximate surface area is 241 Å². The third-order valence-electron chi connectivity index (χ3n) is 5.79. The molecule has 4 atom stereocenters. The summed E-state index contributed by atoms with van der Waals surface area (Å²) in [5, 5.41) is 16.9. The predicted octanol–water partition coefficient (Wildman–Crippen LogP) is -4.81. The van der Waals surface area contributed by atoms with Crippen LogP contribution in [0.5, 0.6) is 0 Å². The Hall–Kier alpha value is -4.94. The second-order valence-corrected chi connectivity index (χ2v) is 9.31. The van der Waals surface area contributed by atoms with Crippen LogP contribution in [-0.4, -0.2) is 93.8 Å². The third-order valence-corrected chi connectivity index (χ3v) is 5.79. The Bertz CT molecular complexity index is 1100. The number of aromatic amines is 1. The molecule has 4 amide bonds. The molecule has 19 nitrogen and oxygen atoms in total. The molecule has 0 radical (unpaired) electrons. The highest BCUT2D eigenvalue weighted by atomic mass is 16.4. The summed E-state index contributed by atoms with van der Waals surface area (Å²) in [5.74, 6) is -4.65. The van der Waals surface area contributed by atoms with Crippen molar-refractivity contribution in [2.75, 3.05) is 13.1 Å². The topological polar surface area (TPSA) is 351 Å². The number of carbonyl (C=O) groups is 5. The van der Waals surface area contributed by atoms with Gasteiger partial charge in [0.2, 0.25) is 23.6 Å². The van der Waals surface area contributed by atoms with Gasteiger partial charge in [0.25, 0.3) is 0 Å². The molecule has 0 saturated heterocycles. The minimum Gasteiger partial charge on any atom is -0.480 e. The van der Waals surface area contributed by atoms with Crippen molar-refractivity contribution < 1.29 is 29.1 Å². The molecule has 1 aromatic heterocycles. The van der Waals surface area contributed by atoms with E-state index < -0.39 is 53.8 Å². The smallest absolute Gasteiger partial charge is 0.326 e. The average molecular weight is 596 g/mol. The largest absolute Gasteiger partial charge is 0.480 e. The third kappa shape index (κ3) is 14.4. The Morgan fingerprint density at radius 3 is 1.88 bits per heavy atom. The Kier molecular flexibility index (Phi) is 15.4. The number of hydrogen-bond donors (Lipinski definition) is 11. The first-order valence-corrected chi connectivity index (χ1v) is 13.1. The van der Waals surface area contributed by atoms with Crippen molar-refractivity contribution in [1.29, 1.82) is 0 Å². The normalized spacial score (nSPS) is 13.5. The van der Waals surface area contributed by atoms with E-state index in [2.05, 4.69) is 35.9 Å². The number of carbonyl (C=O) groups excluding carboxylic acids is 4. The van der Waals surface area contributed by atoms with Crippen LogP contribution in [0.25, 0.3) is 0 Å². The maximum absolute atomic E-state index is 13.3. The van der Waals surface area contributed by atoms with Gasteiger partial charge in [0, 0.05) is 37.8 Å². The molecule has 0 saturated carbocycles. The van der Waals surface area contributed by atoms with Gasteiger partial charge in [0.1, 0.15) is 18.1 Å². The minimum atomic E-state index is -1.36. The van der Waals surface area contributed by atoms with Crippen molar-refractivity contribution in [3.05, 3.63) is 18.2 Å². The fourth-order valence-electron chi connectivity index (χ4n) is 3.62. The highest BCUT2D eigenvalue weighted by Gasteiger charge is 2.30. The maximum atomic E-state index is 13.3. The summed E-state index contributed by atoms with van der Waals surface area (Å²) in [5.41, 5.74) is 32.8. The SMILES string of the molecule is NC(=O)CCC(NC(=O)C(Cc1cnc[nH]1)NC(=O)C(N)CCCN=C(N)N)C(=O)NC(CCCN=C(N)N)C(=O)O. The lowest BCUT2D eigenvalue weighted by Gasteiger charge is -2.25. The molecule has 1 aromatic rings. The zero-order chi connectivity index (χ0) is 31.7. The Morgan fingerprint density at radius 2 is 1.36 bits per heavy atom. The zero-order valence-electron chi connectivity index (χ0n) is 23.1. The van der Waals surface area contributed by atoms with Crippen LogP contribution in [0.15, 0.2) is 22.5 Å². The summed E-state index contributed by atoms with van der Waals surface area (Å²) in [6.45, 7) is 0.388. The first-order chi connectivity index (χ1) is 19.8. The number of hydrogen-bond acceptors (Lipinski definition) is 9. The Balaban J connectivity index is 3.02. The number of nitrogens with one attached hydrogen (secondary N) is 4. The number of carboxylic acids is 1. The number of H-pyrrole nitrogens is 1. The van der Waals surface area contributed by atoms with E-state index in [-0.39, 0.29) is 63.5 Å². The number of amides is 4. The molecule has 0 aliphatic rings. The summed E-state index contributed by atoms with van der Waals surface area (Å²) in [6, 6.07) is -4.92. The molecule has 1 heterocycles. The second kappa shape index (κ2) is 18.4. The summed E-state index contributed by atoms with van der Waals surface area (Å²) >= 11 is 0. The van der Waals surface area contributed by atoms with E-state index in [0.717, 1.165) is 0 Å². The molecule has 19 heteroatoms. The number of nitrogens with zero attached hydrogens (tertiary/aromatic N) is 3. The lowest BCUT2D eigenvalue weighted by Crippen LogP contribution is -2.57. The number of rotatable bonds is 20. The first kappa shape index (κ1) is 35.1. The molecule has 1 rings (SSSR count). The highest BCUT2D eigenvalue weighted by molar-refractivity contribution is 5.94. The molecule has 0 aromatic carbocycles. The van der Waals surface area contributed by atoms with E-state index in [9.17, 15) is 29.1 Å². The number of aromatic nitrogens is 2. The molecular weight excluding hydrogens is 554 g/mol. The summed E-state index contributed by atoms with van der Waals surface area (Å²) in [7, 11) is 0. The number of aliphatic carboxylic acids is 1. The molecule has 17 N–H and O–H groups in total. The number of aliphatic imine (C=N–C) groups is 2. The van der Waals surface area contributed by atoms with Crippen LogP contribution in [0.3, 0.4) is 0 Å². The van der Waals surface area contributed by atoms with Crippen LogP contribution < -0.4 is 50.4 Å². The lowest BCUT2D eigenvalue weighted by atomic mass is 10.1. The molecule has 0 spiro atoms. The first-order valence-electron chi connectivity index (χ1n) is 13.1. The van der Waals surface area contributed by atoms with Gasteiger partial charge in [-0.25, -0.2) is 9.78 Å². The lowest BCUT2D eigenvalue weighted by molar-refractivity contribution is -0.142. The van der Waals surface area contributed by atoms with E-state index in [1.165, 1.54) is 12.5 Å². The van der Waals surface area contributed by atoms with Crippen molar-refractivity contribution in [3.8, 4) is 0 Å². The van der Waals surface area contributed by atoms with Crippen molar-refractivity contribution in [2.45, 2.75) is 69.1 Å². The van der Waals surface area contributed by atoms with Gasteiger partial charge in [-0.1, -0.05) is 0 Å². The van der Waals surface area contributed by atoms with Crippen molar-refractivity contribution in [1.82, 2.24) is 25.9 Å². The van der Waals surface area contributed by atoms with Crippen LogP contribution >= 0.6 is 0 Å². The van der Waals surface area contributed by atoms with Gasteiger partial charge in [-0.15, -0.1) is 0 Å². The number of primary amides is 1. The van der Waals surface area contributed by atoms with Crippen molar-refractivity contribution in [2.24, 2.45) is 44.4 Å². The van der Waals surface area contributed by atoms with E-state index in [1.807, 2.05) is 0 Å². The van der Waals surface area contributed by atoms with E-state index >= 15 is 0 Å². The average Bonchev–Trinajstić information content (AvgIpc) is 3.42. The fraction of sp³-hybridized carbons (Fsp3) is 0.565. The zero-order valence-corrected chi connectivity index (χ0v) is 23.1. The Morgan fingerprint density at radius 1 is 0.810 bits per heavy atom. The van der Waals surface area contributed by atoms with Crippen LogP contribution in [0.2, 0.25) is 0 Å². The quantitative estimate of drug-likeness (QED) is 0.0384. The van der Waals surface area contributed by atoms with E-state index in [4.69, 9.17) is 34.4 Å². The number of guanidine groups is 2. The monoisotopic (exact) mass is 595 g/mol. The molecule has 42 heavy (non-hydrogen) atoms. The molecular formula is C23H41N13O6. The number of carboxylic acid groups (broad SMARTS) is 1. The maximum Gasteiger partial charge on any atom is 0.326 e. The van der Waals surface area contributed by atoms with Gasteiger partial charge in [-0.05, 0) is 32.1 Å². The van der Waals surface area contributed by atoms with Crippen molar-refractivity contribution in [3.63, 3.8) is 0 Å². The summed E-state index contributed by atoms with van der Waals surface area (Å²) < 4.78 is 0. The molecule has 4 unspecified atom stereocenters. The van der Waals surface area contributed by atoms with Gasteiger partial charge in [0.15, 0.2) is 11.9 Å². The highest BCUT2D eigenvalue weighted by Crippen LogP contribution is 2.06. The minimum absolute atomic E-state index is 0.0199.